The molecule has 0 fully saturated rings. The fourth-order valence-corrected chi connectivity index (χ4v) is 2.38. The lowest BCUT2D eigenvalue weighted by atomic mass is 10.0. The molecule has 3 rings (SSSR count). The van der Waals surface area contributed by atoms with Crippen LogP contribution in [0.3, 0.4) is 0 Å². The van der Waals surface area contributed by atoms with Gasteiger partial charge in [0.05, 0.1) is 6.61 Å². The first-order chi connectivity index (χ1) is 9.28. The van der Waals surface area contributed by atoms with Gasteiger partial charge in [-0.15, -0.1) is 0 Å². The van der Waals surface area contributed by atoms with Crippen molar-refractivity contribution in [3.8, 4) is 16.9 Å². The first-order valence-corrected chi connectivity index (χ1v) is 6.59. The zero-order valence-electron chi connectivity index (χ0n) is 11.2. The van der Waals surface area contributed by atoms with E-state index in [0.29, 0.717) is 6.61 Å². The highest BCUT2D eigenvalue weighted by atomic mass is 16.5. The summed E-state index contributed by atoms with van der Waals surface area (Å²) < 4.78 is 5.58. The number of ether oxygens (including phenoxy) is 1. The van der Waals surface area contributed by atoms with Crippen molar-refractivity contribution in [3.05, 3.63) is 54.2 Å². The number of aromatic amines is 1. The summed E-state index contributed by atoms with van der Waals surface area (Å²) in [5.41, 5.74) is 4.81. The summed E-state index contributed by atoms with van der Waals surface area (Å²) in [4.78, 5) is 3.22. The number of fused-ring (bicyclic) bond motifs is 1. The van der Waals surface area contributed by atoms with Crippen molar-refractivity contribution in [2.24, 2.45) is 0 Å². The SMILES string of the molecule is CCOc1ccc(-c2ccc3[nH]ccc3c2)cc1C. The molecule has 96 valence electrons. The largest absolute Gasteiger partial charge is 0.494 e. The molecule has 0 atom stereocenters. The van der Waals surface area contributed by atoms with Crippen LogP contribution in [0.15, 0.2) is 48.7 Å². The maximum atomic E-state index is 5.58. The van der Waals surface area contributed by atoms with E-state index in [0.717, 1.165) is 5.75 Å². The average Bonchev–Trinajstić information content (AvgIpc) is 2.88. The van der Waals surface area contributed by atoms with Gasteiger partial charge in [0.2, 0.25) is 0 Å². The molecule has 0 saturated heterocycles. The minimum Gasteiger partial charge on any atom is -0.494 e. The van der Waals surface area contributed by atoms with Crippen LogP contribution in [-0.4, -0.2) is 11.6 Å². The van der Waals surface area contributed by atoms with Crippen molar-refractivity contribution in [1.29, 1.82) is 0 Å². The maximum absolute atomic E-state index is 5.58. The van der Waals surface area contributed by atoms with Gasteiger partial charge < -0.3 is 9.72 Å². The molecule has 0 saturated carbocycles. The number of hydrogen-bond donors (Lipinski definition) is 1. The van der Waals surface area contributed by atoms with Crippen LogP contribution in [0.25, 0.3) is 22.0 Å². The second-order valence-corrected chi connectivity index (χ2v) is 4.69. The number of H-pyrrole nitrogens is 1. The van der Waals surface area contributed by atoms with Crippen molar-refractivity contribution in [2.45, 2.75) is 13.8 Å². The van der Waals surface area contributed by atoms with Crippen molar-refractivity contribution in [1.82, 2.24) is 4.98 Å². The highest BCUT2D eigenvalue weighted by molar-refractivity contribution is 5.85. The van der Waals surface area contributed by atoms with E-state index < -0.39 is 0 Å². The lowest BCUT2D eigenvalue weighted by Gasteiger charge is -2.09. The van der Waals surface area contributed by atoms with E-state index in [1.165, 1.54) is 27.6 Å². The van der Waals surface area contributed by atoms with E-state index in [-0.39, 0.29) is 0 Å². The smallest absolute Gasteiger partial charge is 0.122 e. The van der Waals surface area contributed by atoms with Crippen molar-refractivity contribution in [2.75, 3.05) is 6.61 Å². The van der Waals surface area contributed by atoms with Crippen molar-refractivity contribution < 1.29 is 4.74 Å². The molecule has 1 aromatic heterocycles. The maximum Gasteiger partial charge on any atom is 0.122 e. The first kappa shape index (κ1) is 11.8. The number of aromatic nitrogens is 1. The van der Waals surface area contributed by atoms with E-state index in [2.05, 4.69) is 54.4 Å². The molecular weight excluding hydrogens is 234 g/mol. The third kappa shape index (κ3) is 2.22. The van der Waals surface area contributed by atoms with Crippen LogP contribution >= 0.6 is 0 Å². The molecule has 0 bridgehead atoms. The predicted molar refractivity (Wildman–Crippen MR) is 79.6 cm³/mol. The molecule has 1 N–H and O–H groups in total. The van der Waals surface area contributed by atoms with E-state index in [4.69, 9.17) is 4.74 Å². The number of rotatable bonds is 3. The topological polar surface area (TPSA) is 25.0 Å². The monoisotopic (exact) mass is 251 g/mol. The molecule has 0 aliphatic carbocycles. The summed E-state index contributed by atoms with van der Waals surface area (Å²) in [6.07, 6.45) is 1.97. The van der Waals surface area contributed by atoms with Crippen LogP contribution in [0.2, 0.25) is 0 Å². The Labute approximate surface area is 113 Å². The van der Waals surface area contributed by atoms with Crippen LogP contribution in [0.5, 0.6) is 5.75 Å². The Morgan fingerprint density at radius 3 is 2.58 bits per heavy atom. The minimum atomic E-state index is 0.704. The molecular formula is C17H17NO. The Morgan fingerprint density at radius 2 is 1.79 bits per heavy atom. The summed E-state index contributed by atoms with van der Waals surface area (Å²) in [6, 6.07) is 14.9. The average molecular weight is 251 g/mol. The highest BCUT2D eigenvalue weighted by Gasteiger charge is 2.04. The van der Waals surface area contributed by atoms with Gasteiger partial charge in [0.1, 0.15) is 5.75 Å². The molecule has 0 amide bonds. The Morgan fingerprint density at radius 1 is 1.00 bits per heavy atom. The van der Waals surface area contributed by atoms with Crippen LogP contribution in [-0.2, 0) is 0 Å². The van der Waals surface area contributed by atoms with Gasteiger partial charge in [-0.1, -0.05) is 12.1 Å². The Bertz CT molecular complexity index is 712. The number of nitrogens with one attached hydrogen (secondary N) is 1. The number of benzene rings is 2. The van der Waals surface area contributed by atoms with Gasteiger partial charge in [0, 0.05) is 11.7 Å². The summed E-state index contributed by atoms with van der Waals surface area (Å²) in [6.45, 7) is 4.80. The third-order valence-corrected chi connectivity index (χ3v) is 3.36. The molecule has 19 heavy (non-hydrogen) atoms. The summed E-state index contributed by atoms with van der Waals surface area (Å²) in [5, 5.41) is 1.24. The van der Waals surface area contributed by atoms with Crippen LogP contribution in [0.1, 0.15) is 12.5 Å². The third-order valence-electron chi connectivity index (χ3n) is 3.36. The highest BCUT2D eigenvalue weighted by Crippen LogP contribution is 2.28. The van der Waals surface area contributed by atoms with Gasteiger partial charge in [0.25, 0.3) is 0 Å². The van der Waals surface area contributed by atoms with E-state index in [1.54, 1.807) is 0 Å². The summed E-state index contributed by atoms with van der Waals surface area (Å²) >= 11 is 0. The Balaban J connectivity index is 2.03. The second kappa shape index (κ2) is 4.81. The van der Waals surface area contributed by atoms with Gasteiger partial charge in [-0.3, -0.25) is 0 Å². The minimum absolute atomic E-state index is 0.704. The second-order valence-electron chi connectivity index (χ2n) is 4.69. The molecule has 2 aromatic carbocycles. The molecule has 0 unspecified atom stereocenters. The number of aryl methyl sites for hydroxylation is 1. The van der Waals surface area contributed by atoms with Crippen molar-refractivity contribution in [3.63, 3.8) is 0 Å². The van der Waals surface area contributed by atoms with Gasteiger partial charge in [0.15, 0.2) is 0 Å². The van der Waals surface area contributed by atoms with Gasteiger partial charge in [-0.25, -0.2) is 0 Å². The normalized spacial score (nSPS) is 10.8. The molecule has 2 nitrogen and oxygen atoms in total. The molecule has 0 spiro atoms. The number of hydrogen-bond acceptors (Lipinski definition) is 1. The summed E-state index contributed by atoms with van der Waals surface area (Å²) in [7, 11) is 0. The van der Waals surface area contributed by atoms with Gasteiger partial charge in [-0.05, 0) is 66.3 Å². The first-order valence-electron chi connectivity index (χ1n) is 6.59. The lowest BCUT2D eigenvalue weighted by Crippen LogP contribution is -1.93. The Kier molecular flexibility index (Phi) is 3.00. The van der Waals surface area contributed by atoms with E-state index in [1.807, 2.05) is 13.1 Å². The van der Waals surface area contributed by atoms with Crippen LogP contribution in [0.4, 0.5) is 0 Å². The molecule has 0 radical (unpaired) electrons. The molecule has 1 heterocycles. The molecule has 0 aliphatic heterocycles. The van der Waals surface area contributed by atoms with Crippen LogP contribution in [0, 0.1) is 6.92 Å². The molecule has 2 heteroatoms. The van der Waals surface area contributed by atoms with Gasteiger partial charge >= 0.3 is 0 Å². The van der Waals surface area contributed by atoms with Crippen molar-refractivity contribution >= 4 is 10.9 Å². The predicted octanol–water partition coefficient (Wildman–Crippen LogP) is 4.54. The molecule has 0 aliphatic rings. The fourth-order valence-electron chi connectivity index (χ4n) is 2.38. The quantitative estimate of drug-likeness (QED) is 0.726. The fraction of sp³-hybridized carbons (Fsp3) is 0.176. The Hall–Kier alpha value is -2.22. The van der Waals surface area contributed by atoms with Gasteiger partial charge in [-0.2, -0.15) is 0 Å². The van der Waals surface area contributed by atoms with Crippen LogP contribution < -0.4 is 4.74 Å². The lowest BCUT2D eigenvalue weighted by molar-refractivity contribution is 0.338. The standard InChI is InChI=1S/C17H17NO/c1-3-19-17-7-5-13(10-12(17)2)14-4-6-16-15(11-14)8-9-18-16/h4-11,18H,3H2,1-2H3. The zero-order chi connectivity index (χ0) is 13.2. The summed E-state index contributed by atoms with van der Waals surface area (Å²) in [5.74, 6) is 0.967. The van der Waals surface area contributed by atoms with E-state index in [9.17, 15) is 0 Å². The molecule has 3 aromatic rings. The van der Waals surface area contributed by atoms with E-state index >= 15 is 0 Å². The zero-order valence-corrected chi connectivity index (χ0v) is 11.2.